The van der Waals surface area contributed by atoms with Crippen molar-refractivity contribution in [3.05, 3.63) is 99.8 Å². The van der Waals surface area contributed by atoms with Gasteiger partial charge in [0.05, 0.1) is 0 Å². The van der Waals surface area contributed by atoms with E-state index in [1.807, 2.05) is 48.5 Å². The fraction of sp³-hybridized carbons (Fsp3) is 0.286. The SMILES string of the molecule is C.[B].[C-]#[N+]C=[N+]([O-])[C@@H](C)c1ccccc1.[C-]#[N+]CN[C@@H](C)c1ccccc1. The lowest BCUT2D eigenvalue weighted by atomic mass is 10.1. The molecule has 0 unspecified atom stereocenters. The smallest absolute Gasteiger partial charge is 0.391 e. The van der Waals surface area contributed by atoms with Crippen LogP contribution in [0.1, 0.15) is 44.5 Å². The second-order valence-electron chi connectivity index (χ2n) is 5.34. The standard InChI is InChI=1S/C10H10N2O.C10H12N2.CH4.B/c1-9(12(13)8-11-2)10-6-4-3-5-7-10;1-9(12-8-11-2)10-6-4-3-5-7-10;;/h3-9H,1H3;3-7,9,12H,8H2,1H3;1H4;/t2*9-;;/m00../s1. The zero-order valence-electron chi connectivity index (χ0n) is 15.0. The second kappa shape index (κ2) is 15.2. The first-order chi connectivity index (χ1) is 12.1. The highest BCUT2D eigenvalue weighted by molar-refractivity contribution is 5.75. The summed E-state index contributed by atoms with van der Waals surface area (Å²) in [7, 11) is 0. The van der Waals surface area contributed by atoms with Gasteiger partial charge in [0, 0.05) is 26.9 Å². The van der Waals surface area contributed by atoms with Gasteiger partial charge in [-0.05, 0) is 12.5 Å². The van der Waals surface area contributed by atoms with Crippen molar-refractivity contribution >= 4 is 14.8 Å². The molecule has 6 heteroatoms. The van der Waals surface area contributed by atoms with E-state index in [0.717, 1.165) is 11.9 Å². The fourth-order valence-corrected chi connectivity index (χ4v) is 2.08. The van der Waals surface area contributed by atoms with E-state index >= 15 is 0 Å². The number of hydrogen-bond acceptors (Lipinski definition) is 2. The lowest BCUT2D eigenvalue weighted by Crippen LogP contribution is -2.17. The van der Waals surface area contributed by atoms with Gasteiger partial charge < -0.3 is 5.21 Å². The maximum Gasteiger partial charge on any atom is 0.391 e. The summed E-state index contributed by atoms with van der Waals surface area (Å²) in [6.07, 6.45) is 0.956. The first-order valence-electron chi connectivity index (χ1n) is 7.92. The molecule has 2 aromatic rings. The predicted octanol–water partition coefficient (Wildman–Crippen LogP) is 4.67. The Hall–Kier alpha value is -3.09. The van der Waals surface area contributed by atoms with E-state index in [1.54, 1.807) is 6.92 Å². The van der Waals surface area contributed by atoms with Crippen molar-refractivity contribution in [3.8, 4) is 0 Å². The highest BCUT2D eigenvalue weighted by Gasteiger charge is 2.09. The minimum absolute atomic E-state index is 0. The third-order valence-corrected chi connectivity index (χ3v) is 3.61. The number of hydroxylamine groups is 1. The van der Waals surface area contributed by atoms with Crippen LogP contribution in [0.25, 0.3) is 9.69 Å². The number of hydrogen-bond donors (Lipinski definition) is 1. The van der Waals surface area contributed by atoms with E-state index in [-0.39, 0.29) is 27.9 Å². The summed E-state index contributed by atoms with van der Waals surface area (Å²) in [5, 5.41) is 14.3. The molecule has 0 bridgehead atoms. The summed E-state index contributed by atoms with van der Waals surface area (Å²) in [5.41, 5.74) is 2.14. The molecule has 0 aromatic heterocycles. The van der Waals surface area contributed by atoms with Gasteiger partial charge in [-0.1, -0.05) is 68.1 Å². The third kappa shape index (κ3) is 9.84. The van der Waals surface area contributed by atoms with Crippen molar-refractivity contribution in [2.75, 3.05) is 6.67 Å². The highest BCUT2D eigenvalue weighted by atomic mass is 16.5. The first kappa shape index (κ1) is 26.1. The van der Waals surface area contributed by atoms with Crippen molar-refractivity contribution < 1.29 is 4.74 Å². The molecule has 0 heterocycles. The average Bonchev–Trinajstić information content (AvgIpc) is 2.67. The molecule has 1 N–H and O–H groups in total. The van der Waals surface area contributed by atoms with Gasteiger partial charge in [0.15, 0.2) is 6.04 Å². The molecule has 0 saturated carbocycles. The van der Waals surface area contributed by atoms with E-state index in [4.69, 9.17) is 13.1 Å². The Kier molecular flexibility index (Phi) is 14.7. The molecule has 0 aliphatic carbocycles. The Bertz CT molecular complexity index is 736. The molecule has 5 nitrogen and oxygen atoms in total. The van der Waals surface area contributed by atoms with E-state index in [2.05, 4.69) is 34.1 Å². The van der Waals surface area contributed by atoms with E-state index in [9.17, 15) is 5.21 Å². The predicted molar refractivity (Wildman–Crippen MR) is 113 cm³/mol. The molecule has 0 aliphatic rings. The van der Waals surface area contributed by atoms with E-state index < -0.39 is 0 Å². The molecule has 0 saturated heterocycles. The third-order valence-electron chi connectivity index (χ3n) is 3.61. The number of nitrogens with one attached hydrogen (secondary N) is 1. The lowest BCUT2D eigenvalue weighted by Gasteiger charge is -2.11. The molecule has 0 fully saturated rings. The monoisotopic (exact) mass is 361 g/mol. The average molecular weight is 361 g/mol. The zero-order valence-corrected chi connectivity index (χ0v) is 15.0. The van der Waals surface area contributed by atoms with Crippen LogP contribution >= 0.6 is 0 Å². The minimum Gasteiger partial charge on any atom is -0.634 e. The summed E-state index contributed by atoms with van der Waals surface area (Å²) in [4.78, 5) is 6.16. The van der Waals surface area contributed by atoms with Gasteiger partial charge >= 0.3 is 6.34 Å². The van der Waals surface area contributed by atoms with Crippen molar-refractivity contribution in [2.45, 2.75) is 33.4 Å². The van der Waals surface area contributed by atoms with Crippen molar-refractivity contribution in [1.82, 2.24) is 5.32 Å². The molecule has 0 spiro atoms. The van der Waals surface area contributed by atoms with Crippen molar-refractivity contribution in [2.24, 2.45) is 0 Å². The van der Waals surface area contributed by atoms with E-state index in [0.29, 0.717) is 11.4 Å². The normalized spacial score (nSPS) is 11.8. The van der Waals surface area contributed by atoms with Crippen LogP contribution in [0.15, 0.2) is 60.7 Å². The Morgan fingerprint density at radius 2 is 1.48 bits per heavy atom. The van der Waals surface area contributed by atoms with Gasteiger partial charge in [0.25, 0.3) is 6.67 Å². The molecule has 27 heavy (non-hydrogen) atoms. The molecular weight excluding hydrogens is 335 g/mol. The number of rotatable bonds is 5. The van der Waals surface area contributed by atoms with Gasteiger partial charge in [-0.2, -0.15) is 4.85 Å². The van der Waals surface area contributed by atoms with Crippen LogP contribution in [0, 0.1) is 18.4 Å². The summed E-state index contributed by atoms with van der Waals surface area (Å²) < 4.78 is 0.655. The molecule has 139 valence electrons. The van der Waals surface area contributed by atoms with Gasteiger partial charge in [-0.25, -0.2) is 16.6 Å². The van der Waals surface area contributed by atoms with Crippen molar-refractivity contribution in [3.63, 3.8) is 0 Å². The maximum absolute atomic E-state index is 11.2. The molecule has 3 radical (unpaired) electrons. The topological polar surface area (TPSA) is 46.8 Å². The van der Waals surface area contributed by atoms with Gasteiger partial charge in [-0.3, -0.25) is 4.85 Å². The Morgan fingerprint density at radius 3 is 1.93 bits per heavy atom. The van der Waals surface area contributed by atoms with Crippen LogP contribution in [0.5, 0.6) is 0 Å². The largest absolute Gasteiger partial charge is 0.634 e. The van der Waals surface area contributed by atoms with Crippen LogP contribution in [0.3, 0.4) is 0 Å². The van der Waals surface area contributed by atoms with Crippen LogP contribution in [-0.4, -0.2) is 26.2 Å². The maximum atomic E-state index is 11.2. The molecule has 2 aromatic carbocycles. The van der Waals surface area contributed by atoms with Crippen LogP contribution < -0.4 is 5.32 Å². The minimum atomic E-state index is -0.296. The molecule has 0 amide bonds. The second-order valence-corrected chi connectivity index (χ2v) is 5.34. The van der Waals surface area contributed by atoms with Gasteiger partial charge in [-0.15, -0.1) is 0 Å². The lowest BCUT2D eigenvalue weighted by molar-refractivity contribution is -0.498. The van der Waals surface area contributed by atoms with Crippen molar-refractivity contribution in [1.29, 1.82) is 0 Å². The Morgan fingerprint density at radius 1 is 1.00 bits per heavy atom. The summed E-state index contributed by atoms with van der Waals surface area (Å²) in [5.74, 6) is 0. The van der Waals surface area contributed by atoms with Gasteiger partial charge in [0.2, 0.25) is 0 Å². The number of nitrogens with zero attached hydrogens (tertiary/aromatic N) is 3. The molecule has 2 atom stereocenters. The molecule has 2 rings (SSSR count). The molecular formula is C21H26BN4O. The fourth-order valence-electron chi connectivity index (χ4n) is 2.08. The Balaban J connectivity index is 0. The highest BCUT2D eigenvalue weighted by Crippen LogP contribution is 2.14. The summed E-state index contributed by atoms with van der Waals surface area (Å²) in [6.45, 7) is 17.3. The van der Waals surface area contributed by atoms with E-state index in [1.165, 1.54) is 5.56 Å². The quantitative estimate of drug-likeness (QED) is 0.160. The molecule has 0 aliphatic heterocycles. The Labute approximate surface area is 165 Å². The van der Waals surface area contributed by atoms with Gasteiger partial charge in [0.1, 0.15) is 6.57 Å². The van der Waals surface area contributed by atoms with Crippen LogP contribution in [-0.2, 0) is 0 Å². The summed E-state index contributed by atoms with van der Waals surface area (Å²) >= 11 is 0. The summed E-state index contributed by atoms with van der Waals surface area (Å²) in [6, 6.07) is 19.5. The van der Waals surface area contributed by atoms with Crippen LogP contribution in [0.4, 0.5) is 0 Å². The van der Waals surface area contributed by atoms with Crippen LogP contribution in [0.2, 0.25) is 0 Å². The zero-order chi connectivity index (χ0) is 18.5. The number of benzene rings is 2. The first-order valence-corrected chi connectivity index (χ1v) is 7.92.